The topological polar surface area (TPSA) is 138 Å². The Morgan fingerprint density at radius 2 is 1.63 bits per heavy atom. The summed E-state index contributed by atoms with van der Waals surface area (Å²) < 4.78 is 65.9. The zero-order chi connectivity index (χ0) is 32.3. The van der Waals surface area contributed by atoms with E-state index >= 15 is 0 Å². The Balaban J connectivity index is 1.41. The Kier molecular flexibility index (Phi) is 6.77. The Bertz CT molecular complexity index is 2090. The van der Waals surface area contributed by atoms with Crippen LogP contribution in [0.2, 0.25) is 0 Å². The number of carboxylic acid groups (broad SMARTS) is 1. The molecule has 0 atom stereocenters. The summed E-state index contributed by atoms with van der Waals surface area (Å²) in [5.74, 6) is 1.15. The zero-order valence-electron chi connectivity index (χ0n) is 23.8. The van der Waals surface area contributed by atoms with Crippen molar-refractivity contribution in [2.45, 2.75) is 30.3 Å². The number of aromatic nitrogens is 3. The van der Waals surface area contributed by atoms with Crippen LogP contribution in [-0.2, 0) is 15.6 Å². The lowest BCUT2D eigenvalue weighted by molar-refractivity contribution is -0.0429. The van der Waals surface area contributed by atoms with Crippen molar-refractivity contribution in [2.75, 3.05) is 10.0 Å². The van der Waals surface area contributed by atoms with Crippen molar-refractivity contribution in [3.63, 3.8) is 0 Å². The second kappa shape index (κ2) is 10.6. The maximum Gasteiger partial charge on any atom is 0.516 e. The maximum absolute atomic E-state index is 13.0. The highest BCUT2D eigenvalue weighted by atomic mass is 32.2. The van der Waals surface area contributed by atoms with Gasteiger partial charge in [0.1, 0.15) is 5.82 Å². The van der Waals surface area contributed by atoms with E-state index in [1.54, 1.807) is 17.0 Å². The summed E-state index contributed by atoms with van der Waals surface area (Å²) in [6.45, 7) is 0. The SMILES string of the molecule is O=C(O)NC1(c2ccc(-c3c(-c4ccc(NS(=O)(=O)C(F)(F)F)cc4)nc4n3-c3cccnc3Nc3ccccc3-4)cc2)CCC1. The van der Waals surface area contributed by atoms with Gasteiger partial charge in [-0.3, -0.25) is 9.29 Å². The molecule has 0 saturated heterocycles. The summed E-state index contributed by atoms with van der Waals surface area (Å²) in [4.78, 5) is 21.2. The second-order valence-corrected chi connectivity index (χ2v) is 12.8. The van der Waals surface area contributed by atoms with Crippen molar-refractivity contribution >= 4 is 33.3 Å². The number of carbonyl (C=O) groups is 1. The van der Waals surface area contributed by atoms with Crippen LogP contribution < -0.4 is 15.4 Å². The molecule has 0 bridgehead atoms. The number of nitrogens with zero attached hydrogens (tertiary/aromatic N) is 3. The summed E-state index contributed by atoms with van der Waals surface area (Å²) in [5.41, 5.74) is -0.926. The molecule has 234 valence electrons. The summed E-state index contributed by atoms with van der Waals surface area (Å²) in [6, 6.07) is 24.3. The van der Waals surface area contributed by atoms with Crippen molar-refractivity contribution in [1.82, 2.24) is 19.9 Å². The molecule has 1 saturated carbocycles. The van der Waals surface area contributed by atoms with Gasteiger partial charge in [-0.25, -0.2) is 14.8 Å². The molecule has 0 unspecified atom stereocenters. The first-order valence-electron chi connectivity index (χ1n) is 14.2. The van der Waals surface area contributed by atoms with Crippen LogP contribution in [0.1, 0.15) is 24.8 Å². The molecular formula is C32H25F3N6O4S. The minimum Gasteiger partial charge on any atom is -0.465 e. The van der Waals surface area contributed by atoms with Crippen LogP contribution in [0.4, 0.5) is 35.2 Å². The van der Waals surface area contributed by atoms with Crippen LogP contribution in [0.25, 0.3) is 39.6 Å². The summed E-state index contributed by atoms with van der Waals surface area (Å²) in [7, 11) is -5.60. The first-order chi connectivity index (χ1) is 22.0. The maximum atomic E-state index is 13.0. The molecule has 46 heavy (non-hydrogen) atoms. The highest BCUT2D eigenvalue weighted by molar-refractivity contribution is 7.93. The van der Waals surface area contributed by atoms with Gasteiger partial charge in [0.2, 0.25) is 0 Å². The van der Waals surface area contributed by atoms with Crippen LogP contribution in [0.5, 0.6) is 0 Å². The van der Waals surface area contributed by atoms with Crippen LogP contribution in [-0.4, -0.2) is 39.7 Å². The van der Waals surface area contributed by atoms with E-state index in [9.17, 15) is 31.5 Å². The molecule has 3 aromatic carbocycles. The minimum absolute atomic E-state index is 0.256. The fourth-order valence-electron chi connectivity index (χ4n) is 5.97. The molecule has 5 aromatic rings. The average Bonchev–Trinajstić information content (AvgIpc) is 3.33. The number of rotatable bonds is 6. The zero-order valence-corrected chi connectivity index (χ0v) is 24.7. The van der Waals surface area contributed by atoms with Crippen molar-refractivity contribution in [2.24, 2.45) is 0 Å². The summed E-state index contributed by atoms with van der Waals surface area (Å²) >= 11 is 0. The van der Waals surface area contributed by atoms with E-state index in [0.717, 1.165) is 28.8 Å². The lowest BCUT2D eigenvalue weighted by atomic mass is 9.71. The minimum atomic E-state index is -5.60. The van der Waals surface area contributed by atoms with Gasteiger partial charge >= 0.3 is 21.6 Å². The van der Waals surface area contributed by atoms with Gasteiger partial charge in [-0.1, -0.05) is 48.5 Å². The lowest BCUT2D eigenvalue weighted by Gasteiger charge is -2.42. The van der Waals surface area contributed by atoms with E-state index < -0.39 is 27.2 Å². The predicted octanol–water partition coefficient (Wildman–Crippen LogP) is 7.23. The van der Waals surface area contributed by atoms with Gasteiger partial charge in [0.05, 0.1) is 28.3 Å². The number of nitrogens with one attached hydrogen (secondary N) is 3. The molecule has 0 radical (unpaired) electrons. The summed E-state index contributed by atoms with van der Waals surface area (Å²) in [5, 5.41) is 15.5. The van der Waals surface area contributed by atoms with Gasteiger partial charge < -0.3 is 15.7 Å². The van der Waals surface area contributed by atoms with Gasteiger partial charge in [0, 0.05) is 28.6 Å². The van der Waals surface area contributed by atoms with Crippen molar-refractivity contribution in [1.29, 1.82) is 0 Å². The quantitative estimate of drug-likeness (QED) is 0.150. The summed E-state index contributed by atoms with van der Waals surface area (Å²) in [6.07, 6.45) is 2.83. The monoisotopic (exact) mass is 646 g/mol. The van der Waals surface area contributed by atoms with Gasteiger partial charge in [-0.05, 0) is 61.2 Å². The van der Waals surface area contributed by atoms with Gasteiger partial charge in [-0.15, -0.1) is 0 Å². The molecule has 1 fully saturated rings. The molecule has 1 aliphatic carbocycles. The number of sulfonamides is 1. The van der Waals surface area contributed by atoms with E-state index in [1.807, 2.05) is 59.2 Å². The van der Waals surface area contributed by atoms with E-state index in [2.05, 4.69) is 15.6 Å². The number of para-hydroxylation sites is 1. The molecule has 2 aliphatic rings. The van der Waals surface area contributed by atoms with E-state index in [4.69, 9.17) is 4.98 Å². The normalized spacial score (nSPS) is 14.8. The molecule has 3 heterocycles. The highest BCUT2D eigenvalue weighted by Crippen LogP contribution is 2.46. The van der Waals surface area contributed by atoms with Crippen molar-refractivity contribution in [3.8, 4) is 39.6 Å². The number of anilines is 3. The molecular weight excluding hydrogens is 621 g/mol. The number of hydrogen-bond donors (Lipinski definition) is 4. The standard InChI is InChI=1S/C32H25F3N6O4S/c33-32(34,35)46(44,45)40-22-14-10-19(11-15-22)26-27(20-8-12-21(13-9-20)31(16-4-17-31)39-30(42)43)41-25-7-3-18-36-28(25)37-24-6-2-1-5-23(24)29(41)38-26/h1-3,5-15,18,39-40H,4,16-17H2,(H,36,37)(H,42,43). The Morgan fingerprint density at radius 1 is 0.935 bits per heavy atom. The van der Waals surface area contributed by atoms with Crippen molar-refractivity contribution in [3.05, 3.63) is 96.7 Å². The van der Waals surface area contributed by atoms with E-state index in [-0.39, 0.29) is 5.69 Å². The number of fused-ring (bicyclic) bond motifs is 5. The number of halogens is 3. The molecule has 14 heteroatoms. The Hall–Kier alpha value is -5.37. The molecule has 1 aliphatic heterocycles. The molecule has 2 aromatic heterocycles. The molecule has 4 N–H and O–H groups in total. The molecule has 10 nitrogen and oxygen atoms in total. The average molecular weight is 647 g/mol. The third kappa shape index (κ3) is 4.90. The second-order valence-electron chi connectivity index (χ2n) is 11.1. The first-order valence-corrected chi connectivity index (χ1v) is 15.7. The number of imidazole rings is 1. The van der Waals surface area contributed by atoms with Crippen molar-refractivity contribution < 1.29 is 31.5 Å². The third-order valence-corrected chi connectivity index (χ3v) is 9.42. The van der Waals surface area contributed by atoms with Gasteiger partial charge in [0.25, 0.3) is 0 Å². The van der Waals surface area contributed by atoms with E-state index in [1.165, 1.54) is 24.3 Å². The largest absolute Gasteiger partial charge is 0.516 e. The number of amides is 1. The third-order valence-electron chi connectivity index (χ3n) is 8.31. The van der Waals surface area contributed by atoms with Gasteiger partial charge in [-0.2, -0.15) is 21.6 Å². The lowest BCUT2D eigenvalue weighted by Crippen LogP contribution is -2.50. The number of pyridine rings is 1. The van der Waals surface area contributed by atoms with Crippen LogP contribution in [0.15, 0.2) is 91.1 Å². The smallest absolute Gasteiger partial charge is 0.465 e. The molecule has 1 amide bonds. The van der Waals surface area contributed by atoms with Gasteiger partial charge in [0.15, 0.2) is 5.82 Å². The number of alkyl halides is 3. The molecule has 7 rings (SSSR count). The highest BCUT2D eigenvalue weighted by Gasteiger charge is 2.46. The molecule has 0 spiro atoms. The van der Waals surface area contributed by atoms with Crippen LogP contribution >= 0.6 is 0 Å². The number of benzene rings is 3. The Labute approximate surface area is 261 Å². The predicted molar refractivity (Wildman–Crippen MR) is 166 cm³/mol. The fourth-order valence-corrected chi connectivity index (χ4v) is 6.53. The fraction of sp³-hybridized carbons (Fsp3) is 0.156. The van der Waals surface area contributed by atoms with Crippen LogP contribution in [0.3, 0.4) is 0 Å². The van der Waals surface area contributed by atoms with Crippen LogP contribution in [0, 0.1) is 0 Å². The number of hydrogen-bond acceptors (Lipinski definition) is 6. The van der Waals surface area contributed by atoms with E-state index in [0.29, 0.717) is 47.1 Å². The first kappa shape index (κ1) is 29.3. The Morgan fingerprint density at radius 3 is 2.28 bits per heavy atom.